The SMILES string of the molecule is CCCN(CC(=O)N(CCc1ccccc1)Cc1ccc(C)o1)C(=O)c1ccc(Cl)c(Cl)c1. The first-order valence-electron chi connectivity index (χ1n) is 11.0. The number of amides is 2. The predicted molar refractivity (Wildman–Crippen MR) is 132 cm³/mol. The minimum Gasteiger partial charge on any atom is -0.464 e. The van der Waals surface area contributed by atoms with Crippen LogP contribution in [0.25, 0.3) is 0 Å². The van der Waals surface area contributed by atoms with Crippen LogP contribution in [0.15, 0.2) is 65.1 Å². The Morgan fingerprint density at radius 3 is 2.30 bits per heavy atom. The maximum absolute atomic E-state index is 13.4. The smallest absolute Gasteiger partial charge is 0.254 e. The van der Waals surface area contributed by atoms with Gasteiger partial charge in [0.15, 0.2) is 0 Å². The molecule has 5 nitrogen and oxygen atoms in total. The third-order valence-electron chi connectivity index (χ3n) is 5.28. The number of nitrogens with zero attached hydrogens (tertiary/aromatic N) is 2. The van der Waals surface area contributed by atoms with Gasteiger partial charge in [-0.15, -0.1) is 0 Å². The highest BCUT2D eigenvalue weighted by atomic mass is 35.5. The van der Waals surface area contributed by atoms with Crippen molar-refractivity contribution in [3.63, 3.8) is 0 Å². The van der Waals surface area contributed by atoms with Gasteiger partial charge in [-0.25, -0.2) is 0 Å². The predicted octanol–water partition coefficient (Wildman–Crippen LogP) is 6.02. The largest absolute Gasteiger partial charge is 0.464 e. The molecule has 0 N–H and O–H groups in total. The van der Waals surface area contributed by atoms with Crippen LogP contribution >= 0.6 is 23.2 Å². The van der Waals surface area contributed by atoms with Crippen LogP contribution in [0.2, 0.25) is 10.0 Å². The number of hydrogen-bond acceptors (Lipinski definition) is 3. The monoisotopic (exact) mass is 486 g/mol. The van der Waals surface area contributed by atoms with Gasteiger partial charge in [-0.3, -0.25) is 9.59 Å². The number of hydrogen-bond donors (Lipinski definition) is 0. The van der Waals surface area contributed by atoms with E-state index >= 15 is 0 Å². The van der Waals surface area contributed by atoms with Crippen molar-refractivity contribution in [2.45, 2.75) is 33.2 Å². The van der Waals surface area contributed by atoms with Crippen molar-refractivity contribution in [2.75, 3.05) is 19.6 Å². The van der Waals surface area contributed by atoms with E-state index in [0.717, 1.165) is 17.7 Å². The fraction of sp³-hybridized carbons (Fsp3) is 0.308. The van der Waals surface area contributed by atoms with Crippen LogP contribution in [0, 0.1) is 6.92 Å². The molecule has 2 aromatic carbocycles. The van der Waals surface area contributed by atoms with Crippen molar-refractivity contribution in [1.29, 1.82) is 0 Å². The number of benzene rings is 2. The van der Waals surface area contributed by atoms with Gasteiger partial charge in [0.25, 0.3) is 5.91 Å². The number of halogens is 2. The minimum atomic E-state index is -0.249. The van der Waals surface area contributed by atoms with Crippen LogP contribution in [-0.4, -0.2) is 41.2 Å². The Kier molecular flexibility index (Phi) is 8.98. The first-order chi connectivity index (χ1) is 15.9. The van der Waals surface area contributed by atoms with Gasteiger partial charge in [0, 0.05) is 18.7 Å². The lowest BCUT2D eigenvalue weighted by Gasteiger charge is -2.27. The molecule has 2 amide bonds. The Balaban J connectivity index is 1.76. The van der Waals surface area contributed by atoms with E-state index in [4.69, 9.17) is 27.6 Å². The second-order valence-electron chi connectivity index (χ2n) is 7.92. The van der Waals surface area contributed by atoms with E-state index in [2.05, 4.69) is 0 Å². The zero-order valence-corrected chi connectivity index (χ0v) is 20.4. The fourth-order valence-corrected chi connectivity index (χ4v) is 3.85. The molecule has 0 spiro atoms. The van der Waals surface area contributed by atoms with Gasteiger partial charge in [-0.05, 0) is 55.7 Å². The number of rotatable bonds is 10. The minimum absolute atomic E-state index is 0.0264. The van der Waals surface area contributed by atoms with E-state index in [-0.39, 0.29) is 18.4 Å². The molecule has 3 aromatic rings. The lowest BCUT2D eigenvalue weighted by atomic mass is 10.1. The van der Waals surface area contributed by atoms with Crippen molar-refractivity contribution in [2.24, 2.45) is 0 Å². The molecule has 3 rings (SSSR count). The number of aryl methyl sites for hydroxylation is 1. The molecule has 33 heavy (non-hydrogen) atoms. The quantitative estimate of drug-likeness (QED) is 0.352. The molecule has 0 saturated carbocycles. The van der Waals surface area contributed by atoms with E-state index in [1.807, 2.05) is 56.3 Å². The normalized spacial score (nSPS) is 10.8. The van der Waals surface area contributed by atoms with Gasteiger partial charge in [-0.2, -0.15) is 0 Å². The van der Waals surface area contributed by atoms with Crippen LogP contribution in [0.1, 0.15) is 40.8 Å². The number of carbonyl (C=O) groups is 2. The highest BCUT2D eigenvalue weighted by Gasteiger charge is 2.23. The Morgan fingerprint density at radius 1 is 0.909 bits per heavy atom. The average Bonchev–Trinajstić information content (AvgIpc) is 3.22. The third-order valence-corrected chi connectivity index (χ3v) is 6.02. The van der Waals surface area contributed by atoms with E-state index in [9.17, 15) is 9.59 Å². The first kappa shape index (κ1) is 24.9. The maximum Gasteiger partial charge on any atom is 0.254 e. The summed E-state index contributed by atoms with van der Waals surface area (Å²) in [5.74, 6) is 1.12. The summed E-state index contributed by atoms with van der Waals surface area (Å²) < 4.78 is 5.71. The lowest BCUT2D eigenvalue weighted by molar-refractivity contribution is -0.132. The van der Waals surface area contributed by atoms with Crippen LogP contribution < -0.4 is 0 Å². The highest BCUT2D eigenvalue weighted by molar-refractivity contribution is 6.42. The number of furan rings is 1. The van der Waals surface area contributed by atoms with Crippen LogP contribution in [0.4, 0.5) is 0 Å². The number of carbonyl (C=O) groups excluding carboxylic acids is 2. The summed E-state index contributed by atoms with van der Waals surface area (Å²) in [4.78, 5) is 29.8. The molecule has 0 saturated heterocycles. The van der Waals surface area contributed by atoms with E-state index in [1.54, 1.807) is 21.9 Å². The fourth-order valence-electron chi connectivity index (χ4n) is 3.56. The molecule has 0 bridgehead atoms. The zero-order valence-electron chi connectivity index (χ0n) is 18.9. The van der Waals surface area contributed by atoms with E-state index < -0.39 is 0 Å². The Hall–Kier alpha value is -2.76. The molecule has 1 heterocycles. The van der Waals surface area contributed by atoms with Crippen molar-refractivity contribution >= 4 is 35.0 Å². The molecular formula is C26H28Cl2N2O3. The molecule has 174 valence electrons. The molecule has 0 aliphatic carbocycles. The lowest BCUT2D eigenvalue weighted by Crippen LogP contribution is -2.43. The van der Waals surface area contributed by atoms with Gasteiger partial charge < -0.3 is 14.2 Å². The second-order valence-corrected chi connectivity index (χ2v) is 8.73. The molecule has 0 fully saturated rings. The third kappa shape index (κ3) is 7.11. The Bertz CT molecular complexity index is 1080. The maximum atomic E-state index is 13.4. The van der Waals surface area contributed by atoms with Crippen molar-refractivity contribution < 1.29 is 14.0 Å². The summed E-state index contributed by atoms with van der Waals surface area (Å²) in [7, 11) is 0. The molecule has 1 aromatic heterocycles. The summed E-state index contributed by atoms with van der Waals surface area (Å²) in [6.07, 6.45) is 1.43. The zero-order chi connectivity index (χ0) is 23.8. The second kappa shape index (κ2) is 11.9. The van der Waals surface area contributed by atoms with E-state index in [1.165, 1.54) is 6.07 Å². The molecule has 0 unspecified atom stereocenters. The summed E-state index contributed by atoms with van der Waals surface area (Å²) in [5.41, 5.74) is 1.55. The van der Waals surface area contributed by atoms with Crippen LogP contribution in [-0.2, 0) is 17.8 Å². The van der Waals surface area contributed by atoms with Gasteiger partial charge in [0.1, 0.15) is 18.1 Å². The summed E-state index contributed by atoms with van der Waals surface area (Å²) in [6.45, 7) is 5.14. The van der Waals surface area contributed by atoms with Crippen molar-refractivity contribution in [1.82, 2.24) is 9.80 Å². The van der Waals surface area contributed by atoms with Gasteiger partial charge in [0.2, 0.25) is 5.91 Å². The topological polar surface area (TPSA) is 53.8 Å². The van der Waals surface area contributed by atoms with Crippen molar-refractivity contribution in [3.05, 3.63) is 93.4 Å². The van der Waals surface area contributed by atoms with E-state index in [0.29, 0.717) is 47.4 Å². The van der Waals surface area contributed by atoms with Crippen LogP contribution in [0.5, 0.6) is 0 Å². The standard InChI is InChI=1S/C26H28Cl2N2O3/c1-3-14-30(26(32)21-10-12-23(27)24(28)16-21)18-25(31)29(17-22-11-9-19(2)33-22)15-13-20-7-5-4-6-8-20/h4-12,16H,3,13-15,17-18H2,1-2H3. The first-order valence-corrected chi connectivity index (χ1v) is 11.7. The Morgan fingerprint density at radius 2 is 1.67 bits per heavy atom. The van der Waals surface area contributed by atoms with Crippen molar-refractivity contribution in [3.8, 4) is 0 Å². The molecule has 0 atom stereocenters. The molecule has 0 aliphatic heterocycles. The molecule has 7 heteroatoms. The highest BCUT2D eigenvalue weighted by Crippen LogP contribution is 2.23. The van der Waals surface area contributed by atoms with Gasteiger partial charge in [-0.1, -0.05) is 60.5 Å². The molecule has 0 radical (unpaired) electrons. The Labute approximate surface area is 204 Å². The summed E-state index contributed by atoms with van der Waals surface area (Å²) >= 11 is 12.1. The molecule has 0 aliphatic rings. The van der Waals surface area contributed by atoms with Gasteiger partial charge >= 0.3 is 0 Å². The summed E-state index contributed by atoms with van der Waals surface area (Å²) in [6, 6.07) is 18.5. The average molecular weight is 487 g/mol. The molecular weight excluding hydrogens is 459 g/mol. The van der Waals surface area contributed by atoms with Crippen LogP contribution in [0.3, 0.4) is 0 Å². The van der Waals surface area contributed by atoms with Gasteiger partial charge in [0.05, 0.1) is 16.6 Å². The summed E-state index contributed by atoms with van der Waals surface area (Å²) in [5, 5.41) is 0.690.